The highest BCUT2D eigenvalue weighted by molar-refractivity contribution is 5.76. The first-order valence-corrected chi connectivity index (χ1v) is 11.2. The van der Waals surface area contributed by atoms with Crippen LogP contribution in [-0.4, -0.2) is 47.0 Å². The summed E-state index contributed by atoms with van der Waals surface area (Å²) in [6.45, 7) is 9.02. The molecular formula is C26H31N5O. The molecule has 6 nitrogen and oxygen atoms in total. The molecule has 32 heavy (non-hydrogen) atoms. The molecule has 1 N–H and O–H groups in total. The number of aromatic nitrogens is 2. The normalized spacial score (nSPS) is 13.8. The minimum atomic E-state index is 0.220. The van der Waals surface area contributed by atoms with Crippen LogP contribution >= 0.6 is 0 Å². The van der Waals surface area contributed by atoms with Crippen LogP contribution in [0.25, 0.3) is 0 Å². The van der Waals surface area contributed by atoms with Gasteiger partial charge in [0.1, 0.15) is 5.82 Å². The van der Waals surface area contributed by atoms with Crippen molar-refractivity contribution in [1.82, 2.24) is 14.9 Å². The highest BCUT2D eigenvalue weighted by atomic mass is 16.2. The van der Waals surface area contributed by atoms with Crippen LogP contribution in [0.15, 0.2) is 54.6 Å². The molecule has 0 bridgehead atoms. The highest BCUT2D eigenvalue weighted by Crippen LogP contribution is 2.20. The second-order valence-electron chi connectivity index (χ2n) is 8.54. The molecular weight excluding hydrogens is 398 g/mol. The average molecular weight is 430 g/mol. The number of carbonyl (C=O) groups is 1. The van der Waals surface area contributed by atoms with E-state index in [9.17, 15) is 4.79 Å². The minimum Gasteiger partial charge on any atom is -0.340 e. The number of nitrogens with one attached hydrogen (secondary N) is 1. The van der Waals surface area contributed by atoms with Gasteiger partial charge in [-0.1, -0.05) is 47.5 Å². The van der Waals surface area contributed by atoms with Gasteiger partial charge in [-0.15, -0.1) is 0 Å². The van der Waals surface area contributed by atoms with Crippen LogP contribution in [0.4, 0.5) is 17.5 Å². The van der Waals surface area contributed by atoms with E-state index in [1.165, 1.54) is 16.7 Å². The first kappa shape index (κ1) is 21.8. The lowest BCUT2D eigenvalue weighted by Crippen LogP contribution is -2.49. The third-order valence-corrected chi connectivity index (χ3v) is 5.79. The summed E-state index contributed by atoms with van der Waals surface area (Å²) in [5.74, 6) is 1.72. The molecule has 1 amide bonds. The summed E-state index contributed by atoms with van der Waals surface area (Å²) in [6.07, 6.45) is 1.34. The molecule has 1 aromatic heterocycles. The Morgan fingerprint density at radius 2 is 1.66 bits per heavy atom. The Morgan fingerprint density at radius 1 is 0.906 bits per heavy atom. The summed E-state index contributed by atoms with van der Waals surface area (Å²) in [7, 11) is 0. The maximum atomic E-state index is 12.7. The van der Waals surface area contributed by atoms with Crippen LogP contribution < -0.4 is 10.2 Å². The summed E-state index contributed by atoms with van der Waals surface area (Å²) in [5, 5.41) is 3.37. The molecule has 3 aromatic rings. The molecule has 1 fully saturated rings. The zero-order chi connectivity index (χ0) is 22.5. The third-order valence-electron chi connectivity index (χ3n) is 5.79. The van der Waals surface area contributed by atoms with E-state index in [1.807, 2.05) is 30.0 Å². The molecule has 166 valence electrons. The Hall–Kier alpha value is -3.41. The summed E-state index contributed by atoms with van der Waals surface area (Å²) in [6, 6.07) is 18.6. The second kappa shape index (κ2) is 9.81. The lowest BCUT2D eigenvalue weighted by atomic mass is 10.1. The third kappa shape index (κ3) is 5.63. The predicted octanol–water partition coefficient (Wildman–Crippen LogP) is 4.43. The first-order chi connectivity index (χ1) is 15.5. The fraction of sp³-hybridized carbons (Fsp3) is 0.346. The van der Waals surface area contributed by atoms with Gasteiger partial charge in [0.25, 0.3) is 0 Å². The molecule has 4 rings (SSSR count). The maximum absolute atomic E-state index is 12.7. The maximum Gasteiger partial charge on any atom is 0.227 e. The number of aryl methyl sites for hydroxylation is 4. The van der Waals surface area contributed by atoms with Crippen LogP contribution in [0.5, 0.6) is 0 Å². The van der Waals surface area contributed by atoms with Crippen molar-refractivity contribution >= 4 is 23.4 Å². The van der Waals surface area contributed by atoms with E-state index in [2.05, 4.69) is 65.4 Å². The summed E-state index contributed by atoms with van der Waals surface area (Å²) >= 11 is 0. The highest BCUT2D eigenvalue weighted by Gasteiger charge is 2.23. The van der Waals surface area contributed by atoms with Gasteiger partial charge in [-0.2, -0.15) is 4.98 Å². The summed E-state index contributed by atoms with van der Waals surface area (Å²) in [5.41, 5.74) is 5.60. The Balaban J connectivity index is 1.33. The van der Waals surface area contributed by atoms with Gasteiger partial charge in [0.05, 0.1) is 0 Å². The zero-order valence-corrected chi connectivity index (χ0v) is 19.1. The summed E-state index contributed by atoms with van der Waals surface area (Å²) in [4.78, 5) is 26.2. The topological polar surface area (TPSA) is 61.4 Å². The Morgan fingerprint density at radius 3 is 2.38 bits per heavy atom. The minimum absolute atomic E-state index is 0.220. The number of rotatable bonds is 6. The van der Waals surface area contributed by atoms with Crippen LogP contribution in [-0.2, 0) is 11.2 Å². The number of benzene rings is 2. The Bertz CT molecular complexity index is 1070. The number of amides is 1. The van der Waals surface area contributed by atoms with E-state index >= 15 is 0 Å². The van der Waals surface area contributed by atoms with Gasteiger partial charge in [-0.05, 0) is 44.9 Å². The molecule has 1 saturated heterocycles. The average Bonchev–Trinajstić information content (AvgIpc) is 2.79. The van der Waals surface area contributed by atoms with Crippen LogP contribution in [0.1, 0.15) is 28.8 Å². The summed E-state index contributed by atoms with van der Waals surface area (Å²) < 4.78 is 0. The van der Waals surface area contributed by atoms with Gasteiger partial charge in [-0.25, -0.2) is 4.98 Å². The zero-order valence-electron chi connectivity index (χ0n) is 19.1. The largest absolute Gasteiger partial charge is 0.340 e. The number of piperazine rings is 1. The van der Waals surface area contributed by atoms with E-state index in [0.717, 1.165) is 36.7 Å². The van der Waals surface area contributed by atoms with E-state index in [4.69, 9.17) is 4.98 Å². The molecule has 0 radical (unpaired) electrons. The fourth-order valence-corrected chi connectivity index (χ4v) is 3.98. The number of nitrogens with zero attached hydrogens (tertiary/aromatic N) is 4. The lowest BCUT2D eigenvalue weighted by molar-refractivity contribution is -0.131. The first-order valence-electron chi connectivity index (χ1n) is 11.2. The Labute approximate surface area is 190 Å². The number of carbonyl (C=O) groups excluding carboxylic acids is 1. The van der Waals surface area contributed by atoms with Crippen molar-refractivity contribution < 1.29 is 4.79 Å². The van der Waals surface area contributed by atoms with Crippen molar-refractivity contribution in [2.75, 3.05) is 36.4 Å². The monoisotopic (exact) mass is 429 g/mol. The second-order valence-corrected chi connectivity index (χ2v) is 8.54. The van der Waals surface area contributed by atoms with Crippen LogP contribution in [0.2, 0.25) is 0 Å². The number of hydrogen-bond donors (Lipinski definition) is 1. The molecule has 2 aromatic carbocycles. The van der Waals surface area contributed by atoms with Crippen molar-refractivity contribution in [1.29, 1.82) is 0 Å². The van der Waals surface area contributed by atoms with Gasteiger partial charge >= 0.3 is 0 Å². The van der Waals surface area contributed by atoms with Gasteiger partial charge < -0.3 is 15.1 Å². The van der Waals surface area contributed by atoms with Gasteiger partial charge in [-0.3, -0.25) is 4.79 Å². The van der Waals surface area contributed by atoms with Crippen molar-refractivity contribution in [3.63, 3.8) is 0 Å². The van der Waals surface area contributed by atoms with E-state index in [-0.39, 0.29) is 5.91 Å². The fourth-order valence-electron chi connectivity index (χ4n) is 3.98. The van der Waals surface area contributed by atoms with Crippen molar-refractivity contribution in [2.45, 2.75) is 33.6 Å². The smallest absolute Gasteiger partial charge is 0.227 e. The molecule has 0 spiro atoms. The number of hydrogen-bond acceptors (Lipinski definition) is 5. The van der Waals surface area contributed by atoms with Crippen LogP contribution in [0.3, 0.4) is 0 Å². The van der Waals surface area contributed by atoms with Crippen molar-refractivity contribution in [2.24, 2.45) is 0 Å². The van der Waals surface area contributed by atoms with Crippen molar-refractivity contribution in [3.8, 4) is 0 Å². The van der Waals surface area contributed by atoms with E-state index in [0.29, 0.717) is 25.5 Å². The molecule has 0 aliphatic carbocycles. The molecule has 2 heterocycles. The van der Waals surface area contributed by atoms with Gasteiger partial charge in [0.15, 0.2) is 0 Å². The lowest BCUT2D eigenvalue weighted by Gasteiger charge is -2.35. The SMILES string of the molecule is Cc1ccc(Nc2cc(C)nc(N3CCN(C(=O)CCc4cccc(C)c4)CC3)n2)cc1. The molecule has 6 heteroatoms. The molecule has 1 aliphatic rings. The van der Waals surface area contributed by atoms with E-state index < -0.39 is 0 Å². The molecule has 0 unspecified atom stereocenters. The standard InChI is InChI=1S/C26H31N5O/c1-19-7-10-23(11-8-19)28-24-18-21(3)27-26(29-24)31-15-13-30(14-16-31)25(32)12-9-22-6-4-5-20(2)17-22/h4-8,10-11,17-18H,9,12-16H2,1-3H3,(H,27,28,29). The van der Waals surface area contributed by atoms with Gasteiger partial charge in [0.2, 0.25) is 11.9 Å². The van der Waals surface area contributed by atoms with E-state index in [1.54, 1.807) is 0 Å². The van der Waals surface area contributed by atoms with Crippen molar-refractivity contribution in [3.05, 3.63) is 77.0 Å². The molecule has 0 saturated carbocycles. The predicted molar refractivity (Wildman–Crippen MR) is 130 cm³/mol. The Kier molecular flexibility index (Phi) is 6.69. The molecule has 0 atom stereocenters. The van der Waals surface area contributed by atoms with Gasteiger partial charge in [0, 0.05) is 50.0 Å². The van der Waals surface area contributed by atoms with Crippen LogP contribution in [0, 0.1) is 20.8 Å². The molecule has 1 aliphatic heterocycles. The quantitative estimate of drug-likeness (QED) is 0.628. The number of anilines is 3.